The molecule has 1 aliphatic heterocycles. The summed E-state index contributed by atoms with van der Waals surface area (Å²) in [4.78, 5) is 0. The van der Waals surface area contributed by atoms with Gasteiger partial charge in [0.15, 0.2) is 0 Å². The molecule has 0 aromatic carbocycles. The standard InChI is InChI=1S/C12H15NO/c14-12-3-1-2-8-6-9-4-5-13-11(9)7-10(8)12/h1,3,7-9,13-14H,2,4-6H2. The van der Waals surface area contributed by atoms with E-state index in [0.717, 1.165) is 24.5 Å². The molecule has 1 saturated heterocycles. The second-order valence-electron chi connectivity index (χ2n) is 4.42. The lowest BCUT2D eigenvalue weighted by molar-refractivity contribution is 0.382. The zero-order valence-corrected chi connectivity index (χ0v) is 8.16. The summed E-state index contributed by atoms with van der Waals surface area (Å²) in [5.74, 6) is 1.76. The van der Waals surface area contributed by atoms with Gasteiger partial charge < -0.3 is 10.4 Å². The van der Waals surface area contributed by atoms with E-state index in [2.05, 4.69) is 17.5 Å². The van der Waals surface area contributed by atoms with Crippen LogP contribution in [0.5, 0.6) is 0 Å². The van der Waals surface area contributed by atoms with E-state index in [9.17, 15) is 5.11 Å². The van der Waals surface area contributed by atoms with Crippen LogP contribution in [0.2, 0.25) is 0 Å². The maximum Gasteiger partial charge on any atom is 0.118 e. The molecule has 2 nitrogen and oxygen atoms in total. The number of hydrogen-bond donors (Lipinski definition) is 2. The van der Waals surface area contributed by atoms with Gasteiger partial charge in [-0.1, -0.05) is 6.08 Å². The van der Waals surface area contributed by atoms with Crippen molar-refractivity contribution in [1.82, 2.24) is 5.32 Å². The van der Waals surface area contributed by atoms with Crippen LogP contribution in [0.1, 0.15) is 19.3 Å². The Kier molecular flexibility index (Phi) is 1.69. The minimum Gasteiger partial charge on any atom is -0.508 e. The minimum atomic E-state index is 0.473. The fourth-order valence-electron chi connectivity index (χ4n) is 2.81. The average Bonchev–Trinajstić information content (AvgIpc) is 2.62. The molecular formula is C12H15NO. The highest BCUT2D eigenvalue weighted by Crippen LogP contribution is 2.40. The SMILES string of the molecule is OC1=C2C=C3NCCC3CC2CC=C1. The van der Waals surface area contributed by atoms with E-state index in [1.165, 1.54) is 18.5 Å². The second-order valence-corrected chi connectivity index (χ2v) is 4.42. The van der Waals surface area contributed by atoms with E-state index in [4.69, 9.17) is 0 Å². The summed E-state index contributed by atoms with van der Waals surface area (Å²) in [5.41, 5.74) is 2.49. The smallest absolute Gasteiger partial charge is 0.118 e. The maximum atomic E-state index is 9.74. The van der Waals surface area contributed by atoms with E-state index in [0.29, 0.717) is 11.7 Å². The van der Waals surface area contributed by atoms with E-state index in [1.54, 1.807) is 0 Å². The largest absolute Gasteiger partial charge is 0.508 e. The van der Waals surface area contributed by atoms with E-state index >= 15 is 0 Å². The van der Waals surface area contributed by atoms with Gasteiger partial charge in [0.05, 0.1) is 0 Å². The highest BCUT2D eigenvalue weighted by molar-refractivity contribution is 5.39. The summed E-state index contributed by atoms with van der Waals surface area (Å²) in [7, 11) is 0. The van der Waals surface area contributed by atoms with Gasteiger partial charge in [0, 0.05) is 18.2 Å². The minimum absolute atomic E-state index is 0.473. The number of fused-ring (bicyclic) bond motifs is 2. The monoisotopic (exact) mass is 189 g/mol. The fourth-order valence-corrected chi connectivity index (χ4v) is 2.81. The van der Waals surface area contributed by atoms with Gasteiger partial charge >= 0.3 is 0 Å². The Morgan fingerprint density at radius 2 is 2.29 bits per heavy atom. The van der Waals surface area contributed by atoms with Crippen LogP contribution in [0, 0.1) is 11.8 Å². The molecule has 14 heavy (non-hydrogen) atoms. The molecule has 3 rings (SSSR count). The Balaban J connectivity index is 2.03. The van der Waals surface area contributed by atoms with Crippen molar-refractivity contribution in [1.29, 1.82) is 0 Å². The molecule has 0 saturated carbocycles. The molecular weight excluding hydrogens is 174 g/mol. The summed E-state index contributed by atoms with van der Waals surface area (Å²) >= 11 is 0. The van der Waals surface area contributed by atoms with Gasteiger partial charge in [-0.3, -0.25) is 0 Å². The van der Waals surface area contributed by atoms with Crippen LogP contribution < -0.4 is 5.32 Å². The first-order chi connectivity index (χ1) is 6.84. The Hall–Kier alpha value is -1.18. The summed E-state index contributed by atoms with van der Waals surface area (Å²) in [6.07, 6.45) is 9.66. The molecule has 2 atom stereocenters. The van der Waals surface area contributed by atoms with Crippen molar-refractivity contribution in [3.63, 3.8) is 0 Å². The average molecular weight is 189 g/mol. The highest BCUT2D eigenvalue weighted by Gasteiger charge is 2.32. The first kappa shape index (κ1) is 8.16. The Morgan fingerprint density at radius 1 is 1.36 bits per heavy atom. The summed E-state index contributed by atoms with van der Waals surface area (Å²) in [5, 5.41) is 13.1. The molecule has 0 spiro atoms. The van der Waals surface area contributed by atoms with E-state index in [-0.39, 0.29) is 0 Å². The molecule has 2 heteroatoms. The predicted octanol–water partition coefficient (Wildman–Crippen LogP) is 2.27. The summed E-state index contributed by atoms with van der Waals surface area (Å²) in [6, 6.07) is 0. The van der Waals surface area contributed by atoms with E-state index < -0.39 is 0 Å². The molecule has 0 amide bonds. The maximum absolute atomic E-state index is 9.74. The van der Waals surface area contributed by atoms with Crippen molar-refractivity contribution in [2.45, 2.75) is 19.3 Å². The molecule has 0 aromatic heterocycles. The third-order valence-corrected chi connectivity index (χ3v) is 3.57. The van der Waals surface area contributed by atoms with Crippen molar-refractivity contribution >= 4 is 0 Å². The second kappa shape index (κ2) is 2.91. The molecule has 2 N–H and O–H groups in total. The lowest BCUT2D eigenvalue weighted by Gasteiger charge is -2.29. The molecule has 1 heterocycles. The van der Waals surface area contributed by atoms with Gasteiger partial charge in [0.1, 0.15) is 5.76 Å². The normalized spacial score (nSPS) is 34.7. The third kappa shape index (κ3) is 1.10. The topological polar surface area (TPSA) is 32.3 Å². The molecule has 74 valence electrons. The Bertz CT molecular complexity index is 351. The lowest BCUT2D eigenvalue weighted by atomic mass is 9.77. The molecule has 2 unspecified atom stereocenters. The quantitative estimate of drug-likeness (QED) is 0.612. The zero-order chi connectivity index (χ0) is 9.54. The van der Waals surface area contributed by atoms with Crippen LogP contribution in [-0.2, 0) is 0 Å². The van der Waals surface area contributed by atoms with Crippen LogP contribution in [-0.4, -0.2) is 11.7 Å². The molecule has 3 aliphatic rings. The van der Waals surface area contributed by atoms with Crippen molar-refractivity contribution in [3.8, 4) is 0 Å². The van der Waals surface area contributed by atoms with Crippen LogP contribution in [0.15, 0.2) is 35.3 Å². The summed E-state index contributed by atoms with van der Waals surface area (Å²) < 4.78 is 0. The third-order valence-electron chi connectivity index (χ3n) is 3.57. The Labute approximate surface area is 84.0 Å². The number of hydrogen-bond acceptors (Lipinski definition) is 2. The van der Waals surface area contributed by atoms with Gasteiger partial charge in [-0.2, -0.15) is 0 Å². The number of allylic oxidation sites excluding steroid dienone is 5. The molecule has 0 bridgehead atoms. The van der Waals surface area contributed by atoms with E-state index in [1.807, 2.05) is 6.08 Å². The van der Waals surface area contributed by atoms with Crippen LogP contribution in [0.4, 0.5) is 0 Å². The Morgan fingerprint density at radius 3 is 3.21 bits per heavy atom. The van der Waals surface area contributed by atoms with Crippen molar-refractivity contribution in [3.05, 3.63) is 35.3 Å². The molecule has 0 radical (unpaired) electrons. The van der Waals surface area contributed by atoms with Gasteiger partial charge in [0.25, 0.3) is 0 Å². The number of aliphatic hydroxyl groups is 1. The number of nitrogens with one attached hydrogen (secondary N) is 1. The zero-order valence-electron chi connectivity index (χ0n) is 8.16. The van der Waals surface area contributed by atoms with Crippen LogP contribution in [0.25, 0.3) is 0 Å². The first-order valence-corrected chi connectivity index (χ1v) is 5.40. The number of rotatable bonds is 0. The summed E-state index contributed by atoms with van der Waals surface area (Å²) in [6.45, 7) is 1.10. The predicted molar refractivity (Wildman–Crippen MR) is 55.7 cm³/mol. The van der Waals surface area contributed by atoms with Crippen molar-refractivity contribution in [2.24, 2.45) is 11.8 Å². The van der Waals surface area contributed by atoms with Gasteiger partial charge in [0.2, 0.25) is 0 Å². The van der Waals surface area contributed by atoms with Gasteiger partial charge in [-0.05, 0) is 42.9 Å². The fraction of sp³-hybridized carbons (Fsp3) is 0.500. The highest BCUT2D eigenvalue weighted by atomic mass is 16.3. The molecule has 1 fully saturated rings. The van der Waals surface area contributed by atoms with Crippen LogP contribution >= 0.6 is 0 Å². The molecule has 2 aliphatic carbocycles. The first-order valence-electron chi connectivity index (χ1n) is 5.40. The van der Waals surface area contributed by atoms with Crippen molar-refractivity contribution < 1.29 is 5.11 Å². The lowest BCUT2D eigenvalue weighted by Crippen LogP contribution is -2.20. The van der Waals surface area contributed by atoms with Gasteiger partial charge in [-0.25, -0.2) is 0 Å². The van der Waals surface area contributed by atoms with Crippen LogP contribution in [0.3, 0.4) is 0 Å². The van der Waals surface area contributed by atoms with Crippen molar-refractivity contribution in [2.75, 3.05) is 6.54 Å². The molecule has 0 aromatic rings. The van der Waals surface area contributed by atoms with Gasteiger partial charge in [-0.15, -0.1) is 0 Å². The number of aliphatic hydroxyl groups excluding tert-OH is 1.